The first-order valence-corrected chi connectivity index (χ1v) is 9.16. The molecular weight excluding hydrogens is 294 g/mol. The highest BCUT2D eigenvalue weighted by Crippen LogP contribution is 2.11. The number of ether oxygens (including phenoxy) is 2. The van der Waals surface area contributed by atoms with Crippen molar-refractivity contribution in [1.82, 2.24) is 4.90 Å². The smallest absolute Gasteiger partial charge is 0.323 e. The first-order chi connectivity index (χ1) is 11.1. The van der Waals surface area contributed by atoms with E-state index in [1.807, 2.05) is 6.92 Å². The Labute approximate surface area is 141 Å². The minimum Gasteiger partial charge on any atom is -0.466 e. The maximum atomic E-state index is 12.4. The van der Waals surface area contributed by atoms with Crippen molar-refractivity contribution in [3.05, 3.63) is 0 Å². The van der Waals surface area contributed by atoms with Crippen LogP contribution < -0.4 is 0 Å². The fraction of sp³-hybridized carbons (Fsp3) is 0.889. The van der Waals surface area contributed by atoms with E-state index in [1.165, 1.54) is 0 Å². The van der Waals surface area contributed by atoms with Gasteiger partial charge in [0.15, 0.2) is 0 Å². The molecule has 0 heterocycles. The summed E-state index contributed by atoms with van der Waals surface area (Å²) < 4.78 is 10.6. The number of carbonyl (C=O) groups excluding carboxylic acids is 2. The molecule has 1 unspecified atom stereocenters. The van der Waals surface area contributed by atoms with Gasteiger partial charge in [0, 0.05) is 0 Å². The Balaban J connectivity index is 4.74. The van der Waals surface area contributed by atoms with Crippen molar-refractivity contribution in [1.29, 1.82) is 0 Å². The van der Waals surface area contributed by atoms with Crippen LogP contribution in [0.3, 0.4) is 0 Å². The predicted octanol–water partition coefficient (Wildman–Crippen LogP) is 3.55. The second-order valence-corrected chi connectivity index (χ2v) is 5.85. The van der Waals surface area contributed by atoms with Gasteiger partial charge in [-0.25, -0.2) is 0 Å². The Morgan fingerprint density at radius 2 is 1.35 bits per heavy atom. The monoisotopic (exact) mass is 329 g/mol. The third-order valence-corrected chi connectivity index (χ3v) is 3.60. The van der Waals surface area contributed by atoms with Gasteiger partial charge < -0.3 is 9.47 Å². The van der Waals surface area contributed by atoms with E-state index >= 15 is 0 Å². The Morgan fingerprint density at radius 3 is 1.83 bits per heavy atom. The molecule has 0 aliphatic heterocycles. The molecule has 0 aliphatic rings. The normalized spacial score (nSPS) is 12.2. The number of nitrogens with zero attached hydrogens (tertiary/aromatic N) is 1. The van der Waals surface area contributed by atoms with Crippen LogP contribution in [0.2, 0.25) is 0 Å². The van der Waals surface area contributed by atoms with Crippen LogP contribution in [0.15, 0.2) is 0 Å². The molecule has 0 spiro atoms. The molecule has 136 valence electrons. The number of esters is 2. The molecule has 0 rings (SSSR count). The molecule has 0 aromatic heterocycles. The van der Waals surface area contributed by atoms with Crippen LogP contribution in [0.5, 0.6) is 0 Å². The van der Waals surface area contributed by atoms with Crippen molar-refractivity contribution in [2.45, 2.75) is 78.7 Å². The predicted molar refractivity (Wildman–Crippen MR) is 92.3 cm³/mol. The average Bonchev–Trinajstić information content (AvgIpc) is 2.53. The third kappa shape index (κ3) is 10.3. The number of unbranched alkanes of at least 4 members (excludes halogenated alkanes) is 2. The van der Waals surface area contributed by atoms with E-state index in [0.29, 0.717) is 13.2 Å². The Hall–Kier alpha value is -1.10. The van der Waals surface area contributed by atoms with Crippen LogP contribution in [-0.4, -0.2) is 49.2 Å². The molecule has 1 atom stereocenters. The zero-order valence-corrected chi connectivity index (χ0v) is 15.4. The molecule has 0 aromatic carbocycles. The molecule has 0 bridgehead atoms. The highest BCUT2D eigenvalue weighted by Gasteiger charge is 2.29. The molecule has 0 radical (unpaired) electrons. The van der Waals surface area contributed by atoms with Crippen LogP contribution >= 0.6 is 0 Å². The first kappa shape index (κ1) is 21.9. The van der Waals surface area contributed by atoms with Crippen LogP contribution in [0.1, 0.15) is 72.6 Å². The van der Waals surface area contributed by atoms with Gasteiger partial charge in [0.1, 0.15) is 6.04 Å². The topological polar surface area (TPSA) is 55.8 Å². The van der Waals surface area contributed by atoms with Crippen molar-refractivity contribution in [3.8, 4) is 0 Å². The molecule has 0 aromatic rings. The minimum atomic E-state index is -0.527. The van der Waals surface area contributed by atoms with Crippen LogP contribution in [0.4, 0.5) is 0 Å². The molecular formula is C18H35NO4. The molecule has 0 fully saturated rings. The summed E-state index contributed by atoms with van der Waals surface area (Å²) in [7, 11) is 0. The first-order valence-electron chi connectivity index (χ1n) is 9.16. The van der Waals surface area contributed by atoms with Crippen molar-refractivity contribution in [2.24, 2.45) is 0 Å². The second kappa shape index (κ2) is 14.5. The second-order valence-electron chi connectivity index (χ2n) is 5.85. The van der Waals surface area contributed by atoms with Crippen molar-refractivity contribution >= 4 is 11.9 Å². The number of rotatable bonds is 14. The summed E-state index contributed by atoms with van der Waals surface area (Å²) in [5.74, 6) is -0.610. The summed E-state index contributed by atoms with van der Waals surface area (Å²) in [6.07, 6.45) is 5.60. The van der Waals surface area contributed by atoms with Crippen LogP contribution in [-0.2, 0) is 19.1 Å². The molecule has 0 saturated heterocycles. The summed E-state index contributed by atoms with van der Waals surface area (Å²) in [6, 6.07) is -0.527. The lowest BCUT2D eigenvalue weighted by atomic mass is 10.1. The van der Waals surface area contributed by atoms with Gasteiger partial charge in [-0.15, -0.1) is 0 Å². The minimum absolute atomic E-state index is 0.0780. The van der Waals surface area contributed by atoms with Crippen molar-refractivity contribution in [2.75, 3.05) is 26.3 Å². The number of hydrogen-bond acceptors (Lipinski definition) is 5. The van der Waals surface area contributed by atoms with E-state index in [-0.39, 0.29) is 18.4 Å². The standard InChI is InChI=1S/C18H35NO4/c1-5-9-13-22-17(20)15-16(18(21)23-14-10-6-2)19(11-7-3)12-8-4/h16H,5-15H2,1-4H3. The number of carbonyl (C=O) groups is 2. The highest BCUT2D eigenvalue weighted by atomic mass is 16.5. The van der Waals surface area contributed by atoms with Crippen LogP contribution in [0.25, 0.3) is 0 Å². The van der Waals surface area contributed by atoms with Gasteiger partial charge in [-0.1, -0.05) is 40.5 Å². The molecule has 0 amide bonds. The van der Waals surface area contributed by atoms with Gasteiger partial charge in [-0.05, 0) is 38.8 Å². The summed E-state index contributed by atoms with van der Waals surface area (Å²) in [4.78, 5) is 26.5. The van der Waals surface area contributed by atoms with E-state index in [9.17, 15) is 9.59 Å². The highest BCUT2D eigenvalue weighted by molar-refractivity contribution is 5.82. The lowest BCUT2D eigenvalue weighted by Crippen LogP contribution is -2.44. The quantitative estimate of drug-likeness (QED) is 0.360. The Bertz CT molecular complexity index is 314. The van der Waals surface area contributed by atoms with Gasteiger partial charge >= 0.3 is 11.9 Å². The lowest BCUT2D eigenvalue weighted by molar-refractivity contribution is -0.157. The molecule has 0 N–H and O–H groups in total. The Morgan fingerprint density at radius 1 is 0.826 bits per heavy atom. The van der Waals surface area contributed by atoms with E-state index < -0.39 is 6.04 Å². The van der Waals surface area contributed by atoms with Gasteiger partial charge in [0.05, 0.1) is 19.6 Å². The van der Waals surface area contributed by atoms with Gasteiger partial charge in [0.25, 0.3) is 0 Å². The zero-order valence-electron chi connectivity index (χ0n) is 15.4. The zero-order chi connectivity index (χ0) is 17.5. The Kier molecular flexibility index (Phi) is 13.8. The largest absolute Gasteiger partial charge is 0.466 e. The fourth-order valence-corrected chi connectivity index (χ4v) is 2.32. The van der Waals surface area contributed by atoms with E-state index in [0.717, 1.165) is 51.6 Å². The van der Waals surface area contributed by atoms with Gasteiger partial charge in [-0.3, -0.25) is 14.5 Å². The average molecular weight is 329 g/mol. The van der Waals surface area contributed by atoms with E-state index in [1.54, 1.807) is 0 Å². The van der Waals surface area contributed by atoms with Crippen molar-refractivity contribution < 1.29 is 19.1 Å². The van der Waals surface area contributed by atoms with Crippen LogP contribution in [0, 0.1) is 0 Å². The van der Waals surface area contributed by atoms with E-state index in [2.05, 4.69) is 25.7 Å². The van der Waals surface area contributed by atoms with Gasteiger partial charge in [-0.2, -0.15) is 0 Å². The molecule has 23 heavy (non-hydrogen) atoms. The maximum absolute atomic E-state index is 12.4. The van der Waals surface area contributed by atoms with Gasteiger partial charge in [0.2, 0.25) is 0 Å². The SMILES string of the molecule is CCCCOC(=O)CC(C(=O)OCCCC)N(CCC)CCC. The molecule has 5 heteroatoms. The molecule has 5 nitrogen and oxygen atoms in total. The summed E-state index contributed by atoms with van der Waals surface area (Å²) in [6.45, 7) is 10.6. The fourth-order valence-electron chi connectivity index (χ4n) is 2.32. The maximum Gasteiger partial charge on any atom is 0.323 e. The summed E-state index contributed by atoms with van der Waals surface area (Å²) in [5.41, 5.74) is 0. The number of hydrogen-bond donors (Lipinski definition) is 0. The molecule has 0 saturated carbocycles. The molecule has 0 aliphatic carbocycles. The third-order valence-electron chi connectivity index (χ3n) is 3.60. The summed E-state index contributed by atoms with van der Waals surface area (Å²) >= 11 is 0. The lowest BCUT2D eigenvalue weighted by Gasteiger charge is -2.29. The van der Waals surface area contributed by atoms with Crippen molar-refractivity contribution in [3.63, 3.8) is 0 Å². The summed E-state index contributed by atoms with van der Waals surface area (Å²) in [5, 5.41) is 0. The van der Waals surface area contributed by atoms with E-state index in [4.69, 9.17) is 9.47 Å².